The molecule has 0 radical (unpaired) electrons. The standard InChI is InChI=1S/C7H15NO2.ClH/c1-8-7(4-5-7)6(9-2)10-3;/h6,8H,4-5H2,1-3H3;1H. The van der Waals surface area contributed by atoms with E-state index in [9.17, 15) is 0 Å². The first-order valence-corrected chi connectivity index (χ1v) is 3.53. The van der Waals surface area contributed by atoms with E-state index in [4.69, 9.17) is 9.47 Å². The second-order valence-corrected chi connectivity index (χ2v) is 2.71. The summed E-state index contributed by atoms with van der Waals surface area (Å²) in [6.07, 6.45) is 2.21. The van der Waals surface area contributed by atoms with Crippen molar-refractivity contribution in [3.8, 4) is 0 Å². The van der Waals surface area contributed by atoms with Crippen LogP contribution in [0.25, 0.3) is 0 Å². The van der Waals surface area contributed by atoms with Gasteiger partial charge in [-0.1, -0.05) is 0 Å². The molecular formula is C7H16ClNO2. The molecule has 1 N–H and O–H groups in total. The molecule has 1 rings (SSSR count). The Hall–Kier alpha value is 0.170. The zero-order valence-electron chi connectivity index (χ0n) is 7.22. The van der Waals surface area contributed by atoms with Crippen molar-refractivity contribution < 1.29 is 9.47 Å². The summed E-state index contributed by atoms with van der Waals surface area (Å²) in [5.41, 5.74) is 0.115. The lowest BCUT2D eigenvalue weighted by molar-refractivity contribution is -0.129. The van der Waals surface area contributed by atoms with Gasteiger partial charge in [0.15, 0.2) is 6.29 Å². The number of hydrogen-bond acceptors (Lipinski definition) is 3. The van der Waals surface area contributed by atoms with Gasteiger partial charge in [0.05, 0.1) is 5.54 Å². The van der Waals surface area contributed by atoms with Gasteiger partial charge in [-0.15, -0.1) is 12.4 Å². The Morgan fingerprint density at radius 3 is 1.82 bits per heavy atom. The summed E-state index contributed by atoms with van der Waals surface area (Å²) in [5.74, 6) is 0. The number of rotatable bonds is 4. The van der Waals surface area contributed by atoms with Crippen LogP contribution in [-0.2, 0) is 9.47 Å². The minimum Gasteiger partial charge on any atom is -0.354 e. The molecule has 0 aliphatic heterocycles. The molecule has 0 bridgehead atoms. The molecule has 1 aliphatic rings. The molecule has 1 fully saturated rings. The summed E-state index contributed by atoms with van der Waals surface area (Å²) in [7, 11) is 5.29. The fraction of sp³-hybridized carbons (Fsp3) is 1.00. The van der Waals surface area contributed by atoms with Crippen molar-refractivity contribution >= 4 is 12.4 Å². The number of ether oxygens (including phenoxy) is 2. The third-order valence-corrected chi connectivity index (χ3v) is 2.17. The number of halogens is 1. The molecular weight excluding hydrogens is 166 g/mol. The van der Waals surface area contributed by atoms with Crippen LogP contribution in [0.1, 0.15) is 12.8 Å². The fourth-order valence-electron chi connectivity index (χ4n) is 1.29. The molecule has 11 heavy (non-hydrogen) atoms. The maximum atomic E-state index is 5.13. The fourth-order valence-corrected chi connectivity index (χ4v) is 1.29. The van der Waals surface area contributed by atoms with E-state index in [-0.39, 0.29) is 24.2 Å². The average molecular weight is 182 g/mol. The quantitative estimate of drug-likeness (QED) is 0.651. The maximum absolute atomic E-state index is 5.13. The van der Waals surface area contributed by atoms with Gasteiger partial charge in [0.25, 0.3) is 0 Å². The summed E-state index contributed by atoms with van der Waals surface area (Å²) in [6.45, 7) is 0. The second kappa shape index (κ2) is 4.26. The molecule has 0 spiro atoms. The number of hydrogen-bond donors (Lipinski definition) is 1. The second-order valence-electron chi connectivity index (χ2n) is 2.71. The van der Waals surface area contributed by atoms with Crippen LogP contribution in [0.4, 0.5) is 0 Å². The van der Waals surface area contributed by atoms with E-state index in [1.807, 2.05) is 7.05 Å². The Morgan fingerprint density at radius 1 is 1.27 bits per heavy atom. The predicted molar refractivity (Wildman–Crippen MR) is 46.1 cm³/mol. The van der Waals surface area contributed by atoms with Gasteiger partial charge in [-0.3, -0.25) is 0 Å². The summed E-state index contributed by atoms with van der Waals surface area (Å²) >= 11 is 0. The van der Waals surface area contributed by atoms with E-state index >= 15 is 0 Å². The molecule has 68 valence electrons. The molecule has 0 aromatic rings. The lowest BCUT2D eigenvalue weighted by Gasteiger charge is -2.23. The van der Waals surface area contributed by atoms with Crippen molar-refractivity contribution in [2.75, 3.05) is 21.3 Å². The van der Waals surface area contributed by atoms with Crippen LogP contribution in [0.15, 0.2) is 0 Å². The Morgan fingerprint density at radius 2 is 1.73 bits per heavy atom. The van der Waals surface area contributed by atoms with Gasteiger partial charge in [-0.25, -0.2) is 0 Å². The first kappa shape index (κ1) is 11.2. The van der Waals surface area contributed by atoms with Gasteiger partial charge in [-0.2, -0.15) is 0 Å². The van der Waals surface area contributed by atoms with E-state index in [2.05, 4.69) is 5.32 Å². The summed E-state index contributed by atoms with van der Waals surface area (Å²) in [5, 5.41) is 3.20. The SMILES string of the molecule is CNC1(C(OC)OC)CC1.Cl. The van der Waals surface area contributed by atoms with Crippen LogP contribution in [0.3, 0.4) is 0 Å². The highest BCUT2D eigenvalue weighted by atomic mass is 35.5. The highest BCUT2D eigenvalue weighted by molar-refractivity contribution is 5.85. The third-order valence-electron chi connectivity index (χ3n) is 2.17. The Bertz CT molecular complexity index is 113. The molecule has 4 heteroatoms. The van der Waals surface area contributed by atoms with Crippen molar-refractivity contribution in [2.45, 2.75) is 24.7 Å². The predicted octanol–water partition coefficient (Wildman–Crippen LogP) is 0.779. The molecule has 0 amide bonds. The van der Waals surface area contributed by atoms with Crippen LogP contribution in [0.5, 0.6) is 0 Å². The van der Waals surface area contributed by atoms with Gasteiger partial charge in [0, 0.05) is 14.2 Å². The Kier molecular flexibility index (Phi) is 4.32. The zero-order valence-corrected chi connectivity index (χ0v) is 8.03. The minimum atomic E-state index is -0.0856. The molecule has 1 saturated carbocycles. The lowest BCUT2D eigenvalue weighted by Crippen LogP contribution is -2.42. The largest absolute Gasteiger partial charge is 0.354 e. The van der Waals surface area contributed by atoms with Crippen LogP contribution in [0, 0.1) is 0 Å². The van der Waals surface area contributed by atoms with Gasteiger partial charge in [-0.05, 0) is 19.9 Å². The van der Waals surface area contributed by atoms with Gasteiger partial charge >= 0.3 is 0 Å². The van der Waals surface area contributed by atoms with E-state index < -0.39 is 0 Å². The smallest absolute Gasteiger partial charge is 0.174 e. The summed E-state index contributed by atoms with van der Waals surface area (Å²) in [6, 6.07) is 0. The van der Waals surface area contributed by atoms with E-state index in [0.717, 1.165) is 12.8 Å². The van der Waals surface area contributed by atoms with Crippen molar-refractivity contribution in [3.05, 3.63) is 0 Å². The molecule has 3 nitrogen and oxygen atoms in total. The van der Waals surface area contributed by atoms with E-state index in [1.165, 1.54) is 0 Å². The summed E-state index contributed by atoms with van der Waals surface area (Å²) in [4.78, 5) is 0. The summed E-state index contributed by atoms with van der Waals surface area (Å²) < 4.78 is 10.3. The van der Waals surface area contributed by atoms with Crippen molar-refractivity contribution in [2.24, 2.45) is 0 Å². The molecule has 0 atom stereocenters. The number of methoxy groups -OCH3 is 2. The van der Waals surface area contributed by atoms with Gasteiger partial charge in [0.2, 0.25) is 0 Å². The van der Waals surface area contributed by atoms with Crippen LogP contribution < -0.4 is 5.32 Å². The third kappa shape index (κ3) is 2.06. The molecule has 0 aromatic heterocycles. The average Bonchev–Trinajstić information content (AvgIpc) is 2.72. The maximum Gasteiger partial charge on any atom is 0.174 e. The number of nitrogens with one attached hydrogen (secondary N) is 1. The van der Waals surface area contributed by atoms with Crippen molar-refractivity contribution in [3.63, 3.8) is 0 Å². The van der Waals surface area contributed by atoms with Crippen LogP contribution in [-0.4, -0.2) is 33.1 Å². The molecule has 0 saturated heterocycles. The monoisotopic (exact) mass is 181 g/mol. The molecule has 0 aromatic carbocycles. The normalized spacial score (nSPS) is 19.6. The van der Waals surface area contributed by atoms with Crippen molar-refractivity contribution in [1.82, 2.24) is 5.32 Å². The first-order chi connectivity index (χ1) is 4.79. The van der Waals surface area contributed by atoms with Gasteiger partial charge in [0.1, 0.15) is 0 Å². The van der Waals surface area contributed by atoms with E-state index in [0.29, 0.717) is 0 Å². The molecule has 1 aliphatic carbocycles. The Labute approximate surface area is 73.9 Å². The molecule has 0 heterocycles. The zero-order chi connectivity index (χ0) is 7.61. The first-order valence-electron chi connectivity index (χ1n) is 3.53. The van der Waals surface area contributed by atoms with Crippen molar-refractivity contribution in [1.29, 1.82) is 0 Å². The highest BCUT2D eigenvalue weighted by Crippen LogP contribution is 2.39. The number of likely N-dealkylation sites (N-methyl/N-ethyl adjacent to an activating group) is 1. The Balaban J connectivity index is 0.000001000. The van der Waals surface area contributed by atoms with Crippen LogP contribution >= 0.6 is 12.4 Å². The van der Waals surface area contributed by atoms with E-state index in [1.54, 1.807) is 14.2 Å². The minimum absolute atomic E-state index is 0. The lowest BCUT2D eigenvalue weighted by atomic mass is 10.2. The molecule has 0 unspecified atom stereocenters. The van der Waals surface area contributed by atoms with Crippen LogP contribution in [0.2, 0.25) is 0 Å². The van der Waals surface area contributed by atoms with Gasteiger partial charge < -0.3 is 14.8 Å². The highest BCUT2D eigenvalue weighted by Gasteiger charge is 2.49. The topological polar surface area (TPSA) is 30.5 Å².